The molecule has 2 N–H and O–H groups in total. The van der Waals surface area contributed by atoms with Crippen LogP contribution in [0.25, 0.3) is 0 Å². The fourth-order valence-corrected chi connectivity index (χ4v) is 6.68. The largest absolute Gasteiger partial charge is 0.355 e. The van der Waals surface area contributed by atoms with Gasteiger partial charge < -0.3 is 10.6 Å². The summed E-state index contributed by atoms with van der Waals surface area (Å²) in [5.74, 6) is 1.48. The minimum absolute atomic E-state index is 0.127. The Morgan fingerprint density at radius 3 is 2.41 bits per heavy atom. The maximum atomic E-state index is 13.7. The Labute approximate surface area is 206 Å². The summed E-state index contributed by atoms with van der Waals surface area (Å²) in [7, 11) is 0. The minimum atomic E-state index is -0.368. The Balaban J connectivity index is 1.38. The van der Waals surface area contributed by atoms with Crippen molar-refractivity contribution in [3.8, 4) is 0 Å². The SMILES string of the molecule is Cc1ccc(C2(C(=O)NC[C@H]3C[C@@H]4CC[C@H](C3)N(CC(=O)NC(C)(C)C)C4)CCCCC2)cc1. The van der Waals surface area contributed by atoms with Crippen molar-refractivity contribution < 1.29 is 9.59 Å². The number of carbonyl (C=O) groups is 2. The molecule has 188 valence electrons. The maximum absolute atomic E-state index is 13.7. The lowest BCUT2D eigenvalue weighted by Gasteiger charge is -2.37. The van der Waals surface area contributed by atoms with Crippen molar-refractivity contribution in [2.45, 2.75) is 102 Å². The van der Waals surface area contributed by atoms with Crippen molar-refractivity contribution in [1.82, 2.24) is 15.5 Å². The molecule has 34 heavy (non-hydrogen) atoms. The van der Waals surface area contributed by atoms with E-state index in [1.54, 1.807) is 0 Å². The second-order valence-corrected chi connectivity index (χ2v) is 12.4. The third kappa shape index (κ3) is 6.02. The first-order chi connectivity index (χ1) is 16.1. The zero-order valence-electron chi connectivity index (χ0n) is 21.8. The number of carbonyl (C=O) groups excluding carboxylic acids is 2. The molecule has 4 fully saturated rings. The first-order valence-corrected chi connectivity index (χ1v) is 13.6. The van der Waals surface area contributed by atoms with E-state index >= 15 is 0 Å². The highest BCUT2D eigenvalue weighted by Gasteiger charge is 2.42. The molecule has 2 aliphatic carbocycles. The number of nitrogens with zero attached hydrogens (tertiary/aromatic N) is 1. The molecule has 5 nitrogen and oxygen atoms in total. The highest BCUT2D eigenvalue weighted by Crippen LogP contribution is 2.40. The Bertz CT molecular complexity index is 851. The van der Waals surface area contributed by atoms with Crippen molar-refractivity contribution in [3.05, 3.63) is 35.4 Å². The quantitative estimate of drug-likeness (QED) is 0.636. The van der Waals surface area contributed by atoms with Gasteiger partial charge in [0.15, 0.2) is 0 Å². The fourth-order valence-electron chi connectivity index (χ4n) is 6.68. The summed E-state index contributed by atoms with van der Waals surface area (Å²) in [5, 5.41) is 6.54. The maximum Gasteiger partial charge on any atom is 0.234 e. The number of nitrogens with one attached hydrogen (secondary N) is 2. The number of hydrogen-bond acceptors (Lipinski definition) is 3. The number of aryl methyl sites for hydroxylation is 1. The van der Waals surface area contributed by atoms with Gasteiger partial charge in [0, 0.05) is 24.7 Å². The number of amides is 2. The number of piperidine rings is 1. The van der Waals surface area contributed by atoms with Gasteiger partial charge in [-0.25, -0.2) is 0 Å². The number of rotatable bonds is 6. The van der Waals surface area contributed by atoms with Gasteiger partial charge in [-0.15, -0.1) is 0 Å². The summed E-state index contributed by atoms with van der Waals surface area (Å²) < 4.78 is 0. The predicted octanol–water partition coefficient (Wildman–Crippen LogP) is 4.72. The van der Waals surface area contributed by atoms with Crippen LogP contribution in [0.4, 0.5) is 0 Å². The standard InChI is InChI=1S/C29H45N3O2/c1-21-8-11-24(12-9-21)29(14-6-5-7-15-29)27(34)30-18-23-16-22-10-13-25(17-23)32(19-22)20-26(33)31-28(2,3)4/h8-9,11-12,22-23,25H,5-7,10,13-20H2,1-4H3,(H,30,34)(H,31,33)/t22-,23-,25+/m0/s1. The molecule has 0 radical (unpaired) electrons. The molecule has 2 aliphatic heterocycles. The van der Waals surface area contributed by atoms with E-state index in [0.29, 0.717) is 24.4 Å². The Morgan fingerprint density at radius 1 is 1.03 bits per heavy atom. The molecular formula is C29H45N3O2. The van der Waals surface area contributed by atoms with Gasteiger partial charge >= 0.3 is 0 Å². The van der Waals surface area contributed by atoms with Crippen molar-refractivity contribution in [2.24, 2.45) is 11.8 Å². The number of fused-ring (bicyclic) bond motifs is 4. The molecule has 1 aromatic rings. The molecule has 2 heterocycles. The molecule has 4 aliphatic rings. The van der Waals surface area contributed by atoms with E-state index in [1.807, 2.05) is 20.8 Å². The average Bonchev–Trinajstić information content (AvgIpc) is 3.08. The highest BCUT2D eigenvalue weighted by atomic mass is 16.2. The van der Waals surface area contributed by atoms with Gasteiger partial charge in [-0.1, -0.05) is 49.1 Å². The van der Waals surface area contributed by atoms with E-state index in [1.165, 1.54) is 30.4 Å². The molecule has 2 saturated carbocycles. The van der Waals surface area contributed by atoms with Gasteiger partial charge in [-0.3, -0.25) is 14.5 Å². The monoisotopic (exact) mass is 467 g/mol. The predicted molar refractivity (Wildman–Crippen MR) is 138 cm³/mol. The number of benzene rings is 1. The van der Waals surface area contributed by atoms with Gasteiger partial charge in [0.1, 0.15) is 0 Å². The summed E-state index contributed by atoms with van der Waals surface area (Å²) in [6, 6.07) is 9.09. The van der Waals surface area contributed by atoms with Gasteiger partial charge in [-0.2, -0.15) is 0 Å². The summed E-state index contributed by atoms with van der Waals surface area (Å²) in [6.45, 7) is 10.5. The van der Waals surface area contributed by atoms with E-state index in [2.05, 4.69) is 46.7 Å². The minimum Gasteiger partial charge on any atom is -0.355 e. The van der Waals surface area contributed by atoms with Crippen molar-refractivity contribution >= 4 is 11.8 Å². The van der Waals surface area contributed by atoms with Crippen LogP contribution in [-0.4, -0.2) is 47.9 Å². The third-order valence-electron chi connectivity index (χ3n) is 8.35. The Morgan fingerprint density at radius 2 is 1.74 bits per heavy atom. The van der Waals surface area contributed by atoms with Crippen LogP contribution in [0.3, 0.4) is 0 Å². The van der Waals surface area contributed by atoms with Crippen LogP contribution in [0.1, 0.15) is 89.7 Å². The second-order valence-electron chi connectivity index (χ2n) is 12.4. The van der Waals surface area contributed by atoms with Gasteiger partial charge in [0.05, 0.1) is 12.0 Å². The van der Waals surface area contributed by atoms with E-state index in [4.69, 9.17) is 0 Å². The van der Waals surface area contributed by atoms with Gasteiger partial charge in [0.25, 0.3) is 0 Å². The summed E-state index contributed by atoms with van der Waals surface area (Å²) >= 11 is 0. The van der Waals surface area contributed by atoms with E-state index < -0.39 is 0 Å². The second kappa shape index (κ2) is 10.4. The highest BCUT2D eigenvalue weighted by molar-refractivity contribution is 5.88. The first kappa shape index (κ1) is 25.2. The number of hydrogen-bond donors (Lipinski definition) is 2. The molecule has 5 rings (SSSR count). The smallest absolute Gasteiger partial charge is 0.234 e. The van der Waals surface area contributed by atoms with Crippen LogP contribution in [0.5, 0.6) is 0 Å². The van der Waals surface area contributed by atoms with Crippen LogP contribution in [-0.2, 0) is 15.0 Å². The fraction of sp³-hybridized carbons (Fsp3) is 0.724. The molecular weight excluding hydrogens is 422 g/mol. The summed E-state index contributed by atoms with van der Waals surface area (Å²) in [6.07, 6.45) is 10.0. The normalized spacial score (nSPS) is 27.1. The lowest BCUT2D eigenvalue weighted by molar-refractivity contribution is -0.128. The van der Waals surface area contributed by atoms with Gasteiger partial charge in [0.2, 0.25) is 11.8 Å². The summed E-state index contributed by atoms with van der Waals surface area (Å²) in [5.41, 5.74) is 1.87. The zero-order valence-corrected chi connectivity index (χ0v) is 21.8. The molecule has 1 aromatic carbocycles. The molecule has 5 heteroatoms. The zero-order chi connectivity index (χ0) is 24.3. The molecule has 0 aromatic heterocycles. The van der Waals surface area contributed by atoms with E-state index in [9.17, 15) is 9.59 Å². The van der Waals surface area contributed by atoms with Crippen LogP contribution in [0.2, 0.25) is 0 Å². The van der Waals surface area contributed by atoms with Crippen LogP contribution >= 0.6 is 0 Å². The average molecular weight is 468 g/mol. The van der Waals surface area contributed by atoms with Crippen LogP contribution < -0.4 is 10.6 Å². The Hall–Kier alpha value is -1.88. The van der Waals surface area contributed by atoms with Crippen molar-refractivity contribution in [2.75, 3.05) is 19.6 Å². The summed E-state index contributed by atoms with van der Waals surface area (Å²) in [4.78, 5) is 28.7. The van der Waals surface area contributed by atoms with Crippen molar-refractivity contribution in [1.29, 1.82) is 0 Å². The van der Waals surface area contributed by atoms with Crippen LogP contribution in [0.15, 0.2) is 24.3 Å². The Kier molecular flexibility index (Phi) is 7.71. The first-order valence-electron chi connectivity index (χ1n) is 13.6. The topological polar surface area (TPSA) is 61.4 Å². The molecule has 0 spiro atoms. The molecule has 2 saturated heterocycles. The van der Waals surface area contributed by atoms with E-state index in [0.717, 1.165) is 51.6 Å². The lowest BCUT2D eigenvalue weighted by atomic mass is 9.68. The van der Waals surface area contributed by atoms with E-state index in [-0.39, 0.29) is 22.8 Å². The molecule has 3 atom stereocenters. The lowest BCUT2D eigenvalue weighted by Crippen LogP contribution is -2.50. The van der Waals surface area contributed by atoms with Crippen molar-refractivity contribution in [3.63, 3.8) is 0 Å². The molecule has 2 bridgehead atoms. The van der Waals surface area contributed by atoms with Crippen LogP contribution in [0, 0.1) is 18.8 Å². The molecule has 0 unspecified atom stereocenters. The molecule has 2 amide bonds. The third-order valence-corrected chi connectivity index (χ3v) is 8.35. The van der Waals surface area contributed by atoms with Gasteiger partial charge in [-0.05, 0) is 83.6 Å².